The number of nitrogens with zero attached hydrogens (tertiary/aromatic N) is 1. The average molecular weight is 344 g/mol. The first-order valence-corrected chi connectivity index (χ1v) is 8.95. The van der Waals surface area contributed by atoms with Gasteiger partial charge in [-0.1, -0.05) is 12.1 Å². The zero-order chi connectivity index (χ0) is 17.2. The van der Waals surface area contributed by atoms with E-state index in [9.17, 15) is 12.8 Å². The van der Waals surface area contributed by atoms with Gasteiger partial charge in [-0.2, -0.15) is 0 Å². The minimum absolute atomic E-state index is 0.0392. The van der Waals surface area contributed by atoms with Crippen molar-refractivity contribution < 1.29 is 12.8 Å². The van der Waals surface area contributed by atoms with Crippen molar-refractivity contribution in [3.63, 3.8) is 0 Å². The Morgan fingerprint density at radius 3 is 2.33 bits per heavy atom. The number of halogens is 1. The highest BCUT2D eigenvalue weighted by atomic mass is 32.2. The molecule has 0 unspecified atom stereocenters. The molecule has 0 radical (unpaired) electrons. The van der Waals surface area contributed by atoms with Crippen molar-refractivity contribution in [3.05, 3.63) is 84.4 Å². The van der Waals surface area contributed by atoms with Gasteiger partial charge in [0, 0.05) is 24.1 Å². The first kappa shape index (κ1) is 16.4. The summed E-state index contributed by atoms with van der Waals surface area (Å²) in [6, 6.07) is 15.8. The fourth-order valence-corrected chi connectivity index (χ4v) is 3.68. The number of nitrogens with one attached hydrogen (secondary N) is 1. The van der Waals surface area contributed by atoms with Crippen molar-refractivity contribution in [2.45, 2.75) is 17.9 Å². The van der Waals surface area contributed by atoms with Gasteiger partial charge >= 0.3 is 0 Å². The number of hydrogen-bond acceptors (Lipinski definition) is 2. The first-order valence-electron chi connectivity index (χ1n) is 7.47. The smallest absolute Gasteiger partial charge is 0.241 e. The van der Waals surface area contributed by atoms with Crippen molar-refractivity contribution >= 4 is 10.0 Å². The Kier molecular flexibility index (Phi) is 4.51. The molecule has 0 saturated carbocycles. The molecule has 1 atom stereocenters. The van der Waals surface area contributed by atoms with Gasteiger partial charge in [-0.05, 0) is 61.0 Å². The lowest BCUT2D eigenvalue weighted by Crippen LogP contribution is -2.27. The maximum atomic E-state index is 13.0. The molecule has 3 rings (SSSR count). The summed E-state index contributed by atoms with van der Waals surface area (Å²) in [7, 11) is -3.71. The lowest BCUT2D eigenvalue weighted by Gasteiger charge is -2.16. The van der Waals surface area contributed by atoms with Gasteiger partial charge < -0.3 is 4.57 Å². The highest BCUT2D eigenvalue weighted by Crippen LogP contribution is 2.20. The summed E-state index contributed by atoms with van der Waals surface area (Å²) in [6.45, 7) is 1.77. The van der Waals surface area contributed by atoms with Crippen molar-refractivity contribution in [1.29, 1.82) is 0 Å². The molecular formula is C18H17FN2O2S. The molecule has 0 aliphatic carbocycles. The van der Waals surface area contributed by atoms with Gasteiger partial charge in [0.1, 0.15) is 5.82 Å². The van der Waals surface area contributed by atoms with Gasteiger partial charge in [0.25, 0.3) is 0 Å². The van der Waals surface area contributed by atoms with Crippen LogP contribution < -0.4 is 4.72 Å². The Morgan fingerprint density at radius 1 is 1.00 bits per heavy atom. The Hall–Kier alpha value is -2.44. The second kappa shape index (κ2) is 6.59. The summed E-state index contributed by atoms with van der Waals surface area (Å²) < 4.78 is 42.3. The summed E-state index contributed by atoms with van der Waals surface area (Å²) in [5.74, 6) is -0.471. The largest absolute Gasteiger partial charge is 0.324 e. The van der Waals surface area contributed by atoms with Crippen LogP contribution in [0.2, 0.25) is 0 Å². The number of sulfonamides is 1. The van der Waals surface area contributed by atoms with E-state index < -0.39 is 21.9 Å². The molecule has 0 aliphatic heterocycles. The highest BCUT2D eigenvalue weighted by molar-refractivity contribution is 7.89. The van der Waals surface area contributed by atoms with Crippen LogP contribution in [0, 0.1) is 5.82 Å². The quantitative estimate of drug-likeness (QED) is 0.768. The third-order valence-electron chi connectivity index (χ3n) is 3.73. The third kappa shape index (κ3) is 3.55. The second-order valence-corrected chi connectivity index (χ2v) is 7.20. The van der Waals surface area contributed by atoms with Crippen LogP contribution in [0.4, 0.5) is 4.39 Å². The molecule has 1 aromatic heterocycles. The third-order valence-corrected chi connectivity index (χ3v) is 5.29. The summed E-state index contributed by atoms with van der Waals surface area (Å²) in [5.41, 5.74) is 1.79. The standard InChI is InChI=1S/C18H17FN2O2S/c1-14(20-24(22,23)18-9-7-16(19)8-10-18)15-5-4-6-17(13-15)21-11-2-3-12-21/h2-14,20H,1H3/t14-/m1/s1. The van der Waals surface area contributed by atoms with E-state index in [4.69, 9.17) is 0 Å². The van der Waals surface area contributed by atoms with E-state index in [0.717, 1.165) is 23.4 Å². The van der Waals surface area contributed by atoms with Gasteiger partial charge in [0.2, 0.25) is 10.0 Å². The highest BCUT2D eigenvalue weighted by Gasteiger charge is 2.18. The number of rotatable bonds is 5. The average Bonchev–Trinajstić information content (AvgIpc) is 3.09. The molecule has 0 aliphatic rings. The zero-order valence-electron chi connectivity index (χ0n) is 13.1. The van der Waals surface area contributed by atoms with Gasteiger partial charge in [-0.15, -0.1) is 0 Å². The minimum atomic E-state index is -3.71. The lowest BCUT2D eigenvalue weighted by molar-refractivity contribution is 0.566. The van der Waals surface area contributed by atoms with Crippen LogP contribution in [0.1, 0.15) is 18.5 Å². The molecule has 124 valence electrons. The zero-order valence-corrected chi connectivity index (χ0v) is 13.9. The summed E-state index contributed by atoms with van der Waals surface area (Å²) in [6.07, 6.45) is 3.85. The predicted molar refractivity (Wildman–Crippen MR) is 90.9 cm³/mol. The van der Waals surface area contributed by atoms with Gasteiger partial charge in [-0.3, -0.25) is 0 Å². The maximum absolute atomic E-state index is 13.0. The summed E-state index contributed by atoms with van der Waals surface area (Å²) in [5, 5.41) is 0. The molecule has 0 spiro atoms. The van der Waals surface area contributed by atoms with Crippen LogP contribution >= 0.6 is 0 Å². The normalized spacial score (nSPS) is 12.9. The van der Waals surface area contributed by atoms with Crippen LogP contribution in [0.15, 0.2) is 78.0 Å². The molecular weight excluding hydrogens is 327 g/mol. The molecule has 3 aromatic rings. The van der Waals surface area contributed by atoms with E-state index in [1.54, 1.807) is 6.92 Å². The Bertz CT molecular complexity index is 920. The molecule has 24 heavy (non-hydrogen) atoms. The fraction of sp³-hybridized carbons (Fsp3) is 0.111. The Labute approximate surface area is 140 Å². The van der Waals surface area contributed by atoms with Gasteiger partial charge in [0.15, 0.2) is 0 Å². The van der Waals surface area contributed by atoms with Crippen molar-refractivity contribution in [1.82, 2.24) is 9.29 Å². The summed E-state index contributed by atoms with van der Waals surface area (Å²) in [4.78, 5) is 0.0392. The van der Waals surface area contributed by atoms with E-state index in [2.05, 4.69) is 4.72 Å². The molecule has 6 heteroatoms. The van der Waals surface area contributed by atoms with E-state index in [1.807, 2.05) is 53.4 Å². The summed E-state index contributed by atoms with van der Waals surface area (Å²) >= 11 is 0. The van der Waals surface area contributed by atoms with Gasteiger partial charge in [-0.25, -0.2) is 17.5 Å². The maximum Gasteiger partial charge on any atom is 0.241 e. The molecule has 0 amide bonds. The molecule has 4 nitrogen and oxygen atoms in total. The molecule has 1 heterocycles. The van der Waals surface area contributed by atoms with E-state index in [0.29, 0.717) is 0 Å². The SMILES string of the molecule is C[C@@H](NS(=O)(=O)c1ccc(F)cc1)c1cccc(-n2cccc2)c1. The molecule has 2 aromatic carbocycles. The minimum Gasteiger partial charge on any atom is -0.324 e. The van der Waals surface area contributed by atoms with Crippen LogP contribution in [0.5, 0.6) is 0 Å². The van der Waals surface area contributed by atoms with Crippen molar-refractivity contribution in [2.75, 3.05) is 0 Å². The van der Waals surface area contributed by atoms with E-state index >= 15 is 0 Å². The van der Waals surface area contributed by atoms with E-state index in [-0.39, 0.29) is 4.90 Å². The molecule has 1 N–H and O–H groups in total. The molecule has 0 bridgehead atoms. The van der Waals surface area contributed by atoms with Crippen molar-refractivity contribution in [2.24, 2.45) is 0 Å². The van der Waals surface area contributed by atoms with Crippen LogP contribution in [0.25, 0.3) is 5.69 Å². The van der Waals surface area contributed by atoms with Crippen LogP contribution in [-0.4, -0.2) is 13.0 Å². The van der Waals surface area contributed by atoms with Crippen LogP contribution in [0.3, 0.4) is 0 Å². The first-order chi connectivity index (χ1) is 11.5. The Morgan fingerprint density at radius 2 is 1.67 bits per heavy atom. The molecule has 0 saturated heterocycles. The lowest BCUT2D eigenvalue weighted by atomic mass is 10.1. The predicted octanol–water partition coefficient (Wildman–Crippen LogP) is 3.66. The second-order valence-electron chi connectivity index (χ2n) is 5.48. The van der Waals surface area contributed by atoms with Gasteiger partial charge in [0.05, 0.1) is 4.90 Å². The van der Waals surface area contributed by atoms with Crippen LogP contribution in [-0.2, 0) is 10.0 Å². The van der Waals surface area contributed by atoms with Crippen molar-refractivity contribution in [3.8, 4) is 5.69 Å². The number of hydrogen-bond donors (Lipinski definition) is 1. The number of aromatic nitrogens is 1. The monoisotopic (exact) mass is 344 g/mol. The Balaban J connectivity index is 1.83. The fourth-order valence-electron chi connectivity index (χ4n) is 2.44. The van der Waals surface area contributed by atoms with E-state index in [1.165, 1.54) is 12.1 Å². The number of benzene rings is 2. The molecule has 0 fully saturated rings. The topological polar surface area (TPSA) is 51.1 Å².